The third-order valence-electron chi connectivity index (χ3n) is 2.85. The van der Waals surface area contributed by atoms with Gasteiger partial charge in [0.05, 0.1) is 5.56 Å². The summed E-state index contributed by atoms with van der Waals surface area (Å²) in [6, 6.07) is 14.2. The van der Waals surface area contributed by atoms with E-state index in [1.807, 2.05) is 61.5 Å². The van der Waals surface area contributed by atoms with Crippen molar-refractivity contribution in [3.63, 3.8) is 0 Å². The zero-order chi connectivity index (χ0) is 15.1. The maximum atomic E-state index is 9.42. The Bertz CT molecular complexity index is 697. The van der Waals surface area contributed by atoms with Crippen LogP contribution in [0, 0.1) is 18.3 Å². The summed E-state index contributed by atoms with van der Waals surface area (Å²) in [7, 11) is 0. The average Bonchev–Trinajstić information content (AvgIpc) is 2.51. The average molecular weight is 292 g/mol. The van der Waals surface area contributed by atoms with Crippen molar-refractivity contribution in [3.8, 4) is 6.07 Å². The smallest absolute Gasteiger partial charge is 0.115 e. The Morgan fingerprint density at radius 1 is 1.29 bits per heavy atom. The van der Waals surface area contributed by atoms with Crippen LogP contribution in [-0.4, -0.2) is 10.7 Å². The summed E-state index contributed by atoms with van der Waals surface area (Å²) in [5.41, 5.74) is 3.55. The second-order valence-corrected chi connectivity index (χ2v) is 5.50. The second kappa shape index (κ2) is 7.47. The van der Waals surface area contributed by atoms with Gasteiger partial charge in [-0.2, -0.15) is 5.26 Å². The van der Waals surface area contributed by atoms with Crippen LogP contribution >= 0.6 is 11.8 Å². The molecule has 2 aromatic rings. The van der Waals surface area contributed by atoms with E-state index in [1.54, 1.807) is 0 Å². The topological polar surface area (TPSA) is 36.7 Å². The lowest BCUT2D eigenvalue weighted by Gasteiger charge is -2.06. The lowest BCUT2D eigenvalue weighted by atomic mass is 10.1. The van der Waals surface area contributed by atoms with Gasteiger partial charge in [-0.1, -0.05) is 48.6 Å². The third kappa shape index (κ3) is 4.08. The molecule has 0 saturated heterocycles. The van der Waals surface area contributed by atoms with E-state index < -0.39 is 0 Å². The monoisotopic (exact) mass is 292 g/mol. The van der Waals surface area contributed by atoms with Gasteiger partial charge in [-0.05, 0) is 24.1 Å². The number of aromatic nitrogens is 1. The number of aryl methyl sites for hydroxylation is 1. The molecule has 0 aliphatic heterocycles. The predicted molar refractivity (Wildman–Crippen MR) is 90.0 cm³/mol. The molecule has 0 aliphatic carbocycles. The number of nitriles is 1. The first-order valence-electron chi connectivity index (χ1n) is 6.63. The second-order valence-electron chi connectivity index (χ2n) is 4.49. The van der Waals surface area contributed by atoms with E-state index in [4.69, 9.17) is 0 Å². The van der Waals surface area contributed by atoms with E-state index in [1.165, 1.54) is 11.8 Å². The van der Waals surface area contributed by atoms with Crippen molar-refractivity contribution in [1.82, 2.24) is 4.98 Å². The lowest BCUT2D eigenvalue weighted by Crippen LogP contribution is -1.94. The van der Waals surface area contributed by atoms with Gasteiger partial charge in [0.15, 0.2) is 0 Å². The SMILES string of the molecule is C=CCSc1nc(C)cc(/C=C\c2ccccc2)c1C#N. The van der Waals surface area contributed by atoms with Gasteiger partial charge in [-0.3, -0.25) is 0 Å². The first-order chi connectivity index (χ1) is 10.2. The van der Waals surface area contributed by atoms with Crippen molar-refractivity contribution >= 4 is 23.9 Å². The molecule has 0 saturated carbocycles. The third-order valence-corrected chi connectivity index (χ3v) is 3.82. The van der Waals surface area contributed by atoms with Gasteiger partial charge in [-0.25, -0.2) is 4.98 Å². The number of thioether (sulfide) groups is 1. The fourth-order valence-corrected chi connectivity index (χ4v) is 2.70. The minimum atomic E-state index is 0.625. The van der Waals surface area contributed by atoms with Gasteiger partial charge >= 0.3 is 0 Å². The van der Waals surface area contributed by atoms with Crippen LogP contribution in [0.2, 0.25) is 0 Å². The van der Waals surface area contributed by atoms with Crippen LogP contribution in [0.5, 0.6) is 0 Å². The first-order valence-corrected chi connectivity index (χ1v) is 7.61. The van der Waals surface area contributed by atoms with E-state index in [0.717, 1.165) is 27.6 Å². The molecule has 0 atom stereocenters. The highest BCUT2D eigenvalue weighted by molar-refractivity contribution is 7.99. The molecule has 0 unspecified atom stereocenters. The maximum Gasteiger partial charge on any atom is 0.115 e. The minimum Gasteiger partial charge on any atom is -0.245 e. The highest BCUT2D eigenvalue weighted by atomic mass is 32.2. The van der Waals surface area contributed by atoms with Gasteiger partial charge in [0.25, 0.3) is 0 Å². The number of benzene rings is 1. The van der Waals surface area contributed by atoms with E-state index in [2.05, 4.69) is 17.6 Å². The fraction of sp³-hybridized carbons (Fsp3) is 0.111. The van der Waals surface area contributed by atoms with Gasteiger partial charge in [0.1, 0.15) is 11.1 Å². The zero-order valence-corrected chi connectivity index (χ0v) is 12.7. The molecule has 3 heteroatoms. The lowest BCUT2D eigenvalue weighted by molar-refractivity contribution is 1.05. The number of nitrogens with zero attached hydrogens (tertiary/aromatic N) is 2. The molecule has 0 fully saturated rings. The molecule has 0 N–H and O–H groups in total. The van der Waals surface area contributed by atoms with Crippen LogP contribution in [0.4, 0.5) is 0 Å². The Labute approximate surface area is 129 Å². The van der Waals surface area contributed by atoms with Gasteiger partial charge in [0, 0.05) is 11.4 Å². The summed E-state index contributed by atoms with van der Waals surface area (Å²) >= 11 is 1.54. The Kier molecular flexibility index (Phi) is 5.36. The molecule has 1 heterocycles. The summed E-state index contributed by atoms with van der Waals surface area (Å²) in [6.45, 7) is 5.65. The van der Waals surface area contributed by atoms with Crippen LogP contribution in [0.3, 0.4) is 0 Å². The van der Waals surface area contributed by atoms with Gasteiger partial charge in [0.2, 0.25) is 0 Å². The molecular formula is C18H16N2S. The molecular weight excluding hydrogens is 276 g/mol. The minimum absolute atomic E-state index is 0.625. The highest BCUT2D eigenvalue weighted by Crippen LogP contribution is 2.25. The van der Waals surface area contributed by atoms with Crippen LogP contribution in [0.15, 0.2) is 54.1 Å². The maximum absolute atomic E-state index is 9.42. The van der Waals surface area contributed by atoms with Crippen molar-refractivity contribution in [3.05, 3.63) is 71.4 Å². The Balaban J connectivity index is 2.38. The fourth-order valence-electron chi connectivity index (χ4n) is 1.91. The zero-order valence-electron chi connectivity index (χ0n) is 11.9. The Morgan fingerprint density at radius 2 is 2.05 bits per heavy atom. The molecule has 104 valence electrons. The largest absolute Gasteiger partial charge is 0.245 e. The summed E-state index contributed by atoms with van der Waals surface area (Å²) in [4.78, 5) is 4.46. The molecule has 0 bridgehead atoms. The summed E-state index contributed by atoms with van der Waals surface area (Å²) in [5.74, 6) is 0.743. The van der Waals surface area contributed by atoms with Crippen LogP contribution in [0.25, 0.3) is 12.2 Å². The number of rotatable bonds is 5. The van der Waals surface area contributed by atoms with E-state index in [9.17, 15) is 5.26 Å². The number of hydrogen-bond donors (Lipinski definition) is 0. The van der Waals surface area contributed by atoms with E-state index in [0.29, 0.717) is 5.56 Å². The molecule has 0 amide bonds. The summed E-state index contributed by atoms with van der Waals surface area (Å²) in [6.07, 6.45) is 5.80. The van der Waals surface area contributed by atoms with Crippen molar-refractivity contribution in [2.45, 2.75) is 11.9 Å². The van der Waals surface area contributed by atoms with Gasteiger partial charge < -0.3 is 0 Å². The van der Waals surface area contributed by atoms with Crippen molar-refractivity contribution < 1.29 is 0 Å². The molecule has 0 spiro atoms. The summed E-state index contributed by atoms with van der Waals surface area (Å²) < 4.78 is 0. The molecule has 0 radical (unpaired) electrons. The molecule has 1 aromatic carbocycles. The van der Waals surface area contributed by atoms with Crippen LogP contribution in [0.1, 0.15) is 22.4 Å². The predicted octanol–water partition coefficient (Wildman–Crippen LogP) is 4.71. The Hall–Kier alpha value is -2.31. The van der Waals surface area contributed by atoms with Crippen LogP contribution in [-0.2, 0) is 0 Å². The summed E-state index contributed by atoms with van der Waals surface area (Å²) in [5, 5.41) is 10.2. The molecule has 21 heavy (non-hydrogen) atoms. The highest BCUT2D eigenvalue weighted by Gasteiger charge is 2.09. The molecule has 0 aliphatic rings. The molecule has 1 aromatic heterocycles. The first kappa shape index (κ1) is 15.1. The molecule has 2 rings (SSSR count). The number of hydrogen-bond acceptors (Lipinski definition) is 3. The van der Waals surface area contributed by atoms with E-state index >= 15 is 0 Å². The van der Waals surface area contributed by atoms with Crippen LogP contribution < -0.4 is 0 Å². The normalized spacial score (nSPS) is 10.5. The molecule has 2 nitrogen and oxygen atoms in total. The van der Waals surface area contributed by atoms with Gasteiger partial charge in [-0.15, -0.1) is 18.3 Å². The number of pyridine rings is 1. The van der Waals surface area contributed by atoms with Crippen molar-refractivity contribution in [2.24, 2.45) is 0 Å². The Morgan fingerprint density at radius 3 is 2.71 bits per heavy atom. The quantitative estimate of drug-likeness (QED) is 0.591. The van der Waals surface area contributed by atoms with Crippen molar-refractivity contribution in [2.75, 3.05) is 5.75 Å². The standard InChI is InChI=1S/C18H16N2S/c1-3-11-21-18-17(13-19)16(12-14(2)20-18)10-9-15-7-5-4-6-8-15/h3-10,12H,1,11H2,2H3/b10-9-. The van der Waals surface area contributed by atoms with Crippen molar-refractivity contribution in [1.29, 1.82) is 5.26 Å². The van der Waals surface area contributed by atoms with E-state index in [-0.39, 0.29) is 0 Å².